The zero-order valence-corrected chi connectivity index (χ0v) is 18.0. The van der Waals surface area contributed by atoms with E-state index in [1.807, 2.05) is 36.4 Å². The van der Waals surface area contributed by atoms with Crippen LogP contribution in [0.25, 0.3) is 0 Å². The summed E-state index contributed by atoms with van der Waals surface area (Å²) in [5, 5.41) is 7.24. The van der Waals surface area contributed by atoms with Crippen molar-refractivity contribution < 1.29 is 9.59 Å². The predicted octanol–water partition coefficient (Wildman–Crippen LogP) is 5.15. The highest BCUT2D eigenvalue weighted by Crippen LogP contribution is 2.57. The molecule has 0 bridgehead atoms. The van der Waals surface area contributed by atoms with E-state index in [0.29, 0.717) is 22.5 Å². The smallest absolute Gasteiger partial charge is 0.236 e. The minimum absolute atomic E-state index is 0.0612. The van der Waals surface area contributed by atoms with Crippen molar-refractivity contribution in [3.63, 3.8) is 0 Å². The molecule has 0 radical (unpaired) electrons. The normalized spacial score (nSPS) is 26.2. The average molecular weight is 431 g/mol. The molecule has 3 atom stereocenters. The maximum atomic E-state index is 13.7. The van der Waals surface area contributed by atoms with Crippen molar-refractivity contribution in [2.24, 2.45) is 11.8 Å². The molecular formula is C23H24Cl2N2O2. The SMILES string of the molecule is CC(C)CC1CNC(=O)C[C@@H](c2cccc(Cl)c2)C12C(=O)Nc1cccc(Cl)c12. The third-order valence-corrected chi connectivity index (χ3v) is 6.74. The molecule has 2 aliphatic rings. The van der Waals surface area contributed by atoms with Gasteiger partial charge in [-0.15, -0.1) is 0 Å². The topological polar surface area (TPSA) is 58.2 Å². The fourth-order valence-electron chi connectivity index (χ4n) is 5.15. The van der Waals surface area contributed by atoms with Crippen molar-refractivity contribution in [3.05, 3.63) is 63.6 Å². The van der Waals surface area contributed by atoms with Crippen LogP contribution in [0.2, 0.25) is 10.0 Å². The van der Waals surface area contributed by atoms with E-state index in [-0.39, 0.29) is 30.1 Å². The summed E-state index contributed by atoms with van der Waals surface area (Å²) in [7, 11) is 0. The Labute approximate surface area is 181 Å². The standard InChI is InChI=1S/C23H24Cl2N2O2/c1-13(2)9-15-12-26-20(28)11-17(14-5-3-6-16(24)10-14)23(15)21-18(25)7-4-8-19(21)27-22(23)29/h3-8,10,13,15,17H,9,11-12H2,1-2H3,(H,26,28)(H,27,29)/t15?,17-,23?/m0/s1. The Bertz CT molecular complexity index is 975. The van der Waals surface area contributed by atoms with E-state index >= 15 is 0 Å². The van der Waals surface area contributed by atoms with E-state index < -0.39 is 5.41 Å². The highest BCUT2D eigenvalue weighted by molar-refractivity contribution is 6.33. The maximum absolute atomic E-state index is 13.7. The Morgan fingerprint density at radius 2 is 1.90 bits per heavy atom. The Hall–Kier alpha value is -2.04. The van der Waals surface area contributed by atoms with E-state index in [0.717, 1.165) is 23.2 Å². The van der Waals surface area contributed by atoms with E-state index in [1.54, 1.807) is 6.07 Å². The van der Waals surface area contributed by atoms with Crippen LogP contribution in [-0.4, -0.2) is 18.4 Å². The van der Waals surface area contributed by atoms with Gasteiger partial charge in [0.2, 0.25) is 11.8 Å². The second-order valence-corrected chi connectivity index (χ2v) is 9.27. The first-order chi connectivity index (χ1) is 13.8. The fourth-order valence-corrected chi connectivity index (χ4v) is 5.68. The number of hydrogen-bond donors (Lipinski definition) is 2. The lowest BCUT2D eigenvalue weighted by Gasteiger charge is -2.41. The zero-order chi connectivity index (χ0) is 20.8. The number of carbonyl (C=O) groups is 2. The molecule has 6 heteroatoms. The van der Waals surface area contributed by atoms with Gasteiger partial charge in [0.25, 0.3) is 0 Å². The number of halogens is 2. The summed E-state index contributed by atoms with van der Waals surface area (Å²) in [6.07, 6.45) is 0.989. The van der Waals surface area contributed by atoms with Crippen LogP contribution in [-0.2, 0) is 15.0 Å². The summed E-state index contributed by atoms with van der Waals surface area (Å²) < 4.78 is 0. The molecule has 1 spiro atoms. The van der Waals surface area contributed by atoms with Gasteiger partial charge in [-0.3, -0.25) is 9.59 Å². The summed E-state index contributed by atoms with van der Waals surface area (Å²) >= 11 is 13.0. The minimum atomic E-state index is -0.943. The van der Waals surface area contributed by atoms with Gasteiger partial charge in [0.05, 0.1) is 5.41 Å². The van der Waals surface area contributed by atoms with Crippen LogP contribution in [0.1, 0.15) is 43.7 Å². The molecule has 0 aromatic heterocycles. The molecule has 4 rings (SSSR count). The van der Waals surface area contributed by atoms with Gasteiger partial charge in [-0.2, -0.15) is 0 Å². The molecule has 2 unspecified atom stereocenters. The van der Waals surface area contributed by atoms with Crippen LogP contribution < -0.4 is 10.6 Å². The lowest BCUT2D eigenvalue weighted by Crippen LogP contribution is -2.48. The number of benzene rings is 2. The van der Waals surface area contributed by atoms with Gasteiger partial charge in [-0.25, -0.2) is 0 Å². The van der Waals surface area contributed by atoms with Gasteiger partial charge < -0.3 is 10.6 Å². The third kappa shape index (κ3) is 3.32. The average Bonchev–Trinajstić information content (AvgIpc) is 2.88. The molecule has 2 aliphatic heterocycles. The molecule has 2 amide bonds. The van der Waals surface area contributed by atoms with Crippen LogP contribution in [0.5, 0.6) is 0 Å². The van der Waals surface area contributed by atoms with Crippen LogP contribution in [0, 0.1) is 11.8 Å². The van der Waals surface area contributed by atoms with Crippen LogP contribution in [0.3, 0.4) is 0 Å². The van der Waals surface area contributed by atoms with E-state index in [1.165, 1.54) is 0 Å². The summed E-state index contributed by atoms with van der Waals surface area (Å²) in [6, 6.07) is 13.0. The molecule has 0 saturated carbocycles. The highest BCUT2D eigenvalue weighted by atomic mass is 35.5. The quantitative estimate of drug-likeness (QED) is 0.706. The lowest BCUT2D eigenvalue weighted by atomic mass is 9.59. The molecule has 2 N–H and O–H groups in total. The number of amides is 2. The van der Waals surface area contributed by atoms with Gasteiger partial charge in [-0.1, -0.05) is 55.2 Å². The van der Waals surface area contributed by atoms with Gasteiger partial charge in [0, 0.05) is 40.2 Å². The zero-order valence-electron chi connectivity index (χ0n) is 16.5. The fraction of sp³-hybridized carbons (Fsp3) is 0.391. The summed E-state index contributed by atoms with van der Waals surface area (Å²) in [6.45, 7) is 4.70. The number of hydrogen-bond acceptors (Lipinski definition) is 2. The first-order valence-corrected chi connectivity index (χ1v) is 10.7. The molecule has 2 heterocycles. The number of fused-ring (bicyclic) bond motifs is 2. The van der Waals surface area contributed by atoms with Gasteiger partial charge in [0.15, 0.2) is 0 Å². The van der Waals surface area contributed by atoms with E-state index in [9.17, 15) is 9.59 Å². The molecule has 1 fully saturated rings. The molecule has 29 heavy (non-hydrogen) atoms. The first kappa shape index (κ1) is 20.2. The van der Waals surface area contributed by atoms with Crippen molar-refractivity contribution in [2.75, 3.05) is 11.9 Å². The van der Waals surface area contributed by atoms with Crippen LogP contribution in [0.15, 0.2) is 42.5 Å². The van der Waals surface area contributed by atoms with Gasteiger partial charge in [0.1, 0.15) is 0 Å². The second-order valence-electron chi connectivity index (χ2n) is 8.43. The molecule has 0 aliphatic carbocycles. The van der Waals surface area contributed by atoms with E-state index in [4.69, 9.17) is 23.2 Å². The van der Waals surface area contributed by atoms with Crippen molar-refractivity contribution in [3.8, 4) is 0 Å². The third-order valence-electron chi connectivity index (χ3n) is 6.19. The Morgan fingerprint density at radius 3 is 2.62 bits per heavy atom. The predicted molar refractivity (Wildman–Crippen MR) is 117 cm³/mol. The number of anilines is 1. The summed E-state index contributed by atoms with van der Waals surface area (Å²) in [4.78, 5) is 26.5. The van der Waals surface area contributed by atoms with Crippen LogP contribution in [0.4, 0.5) is 5.69 Å². The van der Waals surface area contributed by atoms with Crippen molar-refractivity contribution in [1.82, 2.24) is 5.32 Å². The largest absolute Gasteiger partial charge is 0.356 e. The summed E-state index contributed by atoms with van der Waals surface area (Å²) in [5.74, 6) is -0.263. The highest BCUT2D eigenvalue weighted by Gasteiger charge is 2.59. The van der Waals surface area contributed by atoms with E-state index in [2.05, 4.69) is 24.5 Å². The second kappa shape index (κ2) is 7.66. The van der Waals surface area contributed by atoms with Crippen molar-refractivity contribution >= 4 is 40.7 Å². The molecule has 152 valence electrons. The Kier molecular flexibility index (Phi) is 5.34. The minimum Gasteiger partial charge on any atom is -0.356 e. The van der Waals surface area contributed by atoms with Gasteiger partial charge >= 0.3 is 0 Å². The molecule has 2 aromatic carbocycles. The van der Waals surface area contributed by atoms with Crippen molar-refractivity contribution in [1.29, 1.82) is 0 Å². The molecular weight excluding hydrogens is 407 g/mol. The molecule has 1 saturated heterocycles. The Morgan fingerprint density at radius 1 is 1.14 bits per heavy atom. The molecule has 2 aromatic rings. The summed E-state index contributed by atoms with van der Waals surface area (Å²) in [5.41, 5.74) is 1.48. The number of rotatable bonds is 3. The lowest BCUT2D eigenvalue weighted by molar-refractivity contribution is -0.124. The number of carbonyl (C=O) groups excluding carboxylic acids is 2. The van der Waals surface area contributed by atoms with Crippen molar-refractivity contribution in [2.45, 2.75) is 38.0 Å². The van der Waals surface area contributed by atoms with Gasteiger partial charge in [-0.05, 0) is 48.1 Å². The van der Waals surface area contributed by atoms with Crippen LogP contribution >= 0.6 is 23.2 Å². The maximum Gasteiger partial charge on any atom is 0.236 e. The Balaban J connectivity index is 2.02. The monoisotopic (exact) mass is 430 g/mol. The number of nitrogens with one attached hydrogen (secondary N) is 2. The first-order valence-electron chi connectivity index (χ1n) is 9.96. The molecule has 4 nitrogen and oxygen atoms in total.